The molecule has 1 fully saturated rings. The number of aromatic nitrogens is 2. The molecule has 4 nitrogen and oxygen atoms in total. The molecule has 6 heteroatoms. The first-order chi connectivity index (χ1) is 9.24. The van der Waals surface area contributed by atoms with E-state index in [4.69, 9.17) is 16.3 Å². The second-order valence-electron chi connectivity index (χ2n) is 4.31. The molecule has 0 atom stereocenters. The molecule has 2 aromatic heterocycles. The minimum atomic E-state index is 0.591. The van der Waals surface area contributed by atoms with Crippen LogP contribution in [-0.2, 0) is 0 Å². The van der Waals surface area contributed by atoms with Gasteiger partial charge < -0.3 is 10.1 Å². The lowest BCUT2D eigenvalue weighted by Gasteiger charge is -2.08. The number of nitrogens with one attached hydrogen (secondary N) is 1. The van der Waals surface area contributed by atoms with Crippen LogP contribution in [0.25, 0.3) is 5.52 Å². The Bertz CT molecular complexity index is 528. The van der Waals surface area contributed by atoms with E-state index in [1.54, 1.807) is 24.0 Å². The van der Waals surface area contributed by atoms with E-state index >= 15 is 0 Å². The smallest absolute Gasteiger partial charge is 0.145 e. The van der Waals surface area contributed by atoms with Gasteiger partial charge in [0.15, 0.2) is 0 Å². The highest BCUT2D eigenvalue weighted by atomic mass is 79.9. The number of hydrogen-bond donors (Lipinski definition) is 1. The maximum Gasteiger partial charge on any atom is 0.145 e. The molecule has 0 radical (unpaired) electrons. The number of pyridine rings is 1. The maximum absolute atomic E-state index is 6.02. The first kappa shape index (κ1) is 14.6. The summed E-state index contributed by atoms with van der Waals surface area (Å²) in [7, 11) is 1.61. The van der Waals surface area contributed by atoms with Crippen LogP contribution in [0, 0.1) is 0 Å². The fourth-order valence-electron chi connectivity index (χ4n) is 1.96. The number of fused-ring (bicyclic) bond motifs is 1. The van der Waals surface area contributed by atoms with Crippen molar-refractivity contribution in [3.63, 3.8) is 0 Å². The molecule has 0 amide bonds. The molecule has 104 valence electrons. The third-order valence-electron chi connectivity index (χ3n) is 2.98. The van der Waals surface area contributed by atoms with Gasteiger partial charge in [-0.25, -0.2) is 4.98 Å². The second kappa shape index (κ2) is 7.12. The van der Waals surface area contributed by atoms with E-state index in [1.807, 2.05) is 6.07 Å². The van der Waals surface area contributed by atoms with Gasteiger partial charge in [0, 0.05) is 0 Å². The fourth-order valence-corrected chi connectivity index (χ4v) is 2.55. The Hall–Kier alpha value is -0.780. The van der Waals surface area contributed by atoms with Crippen LogP contribution in [-0.4, -0.2) is 29.6 Å². The van der Waals surface area contributed by atoms with Gasteiger partial charge in [0.1, 0.15) is 22.7 Å². The van der Waals surface area contributed by atoms with Gasteiger partial charge in [-0.3, -0.25) is 4.40 Å². The van der Waals surface area contributed by atoms with E-state index in [0.29, 0.717) is 5.15 Å². The van der Waals surface area contributed by atoms with Gasteiger partial charge in [0.05, 0.1) is 17.8 Å². The summed E-state index contributed by atoms with van der Waals surface area (Å²) in [5.41, 5.74) is 0.857. The van der Waals surface area contributed by atoms with Crippen molar-refractivity contribution in [2.24, 2.45) is 0 Å². The number of imidazole rings is 1. The molecule has 0 aromatic carbocycles. The quantitative estimate of drug-likeness (QED) is 0.803. The highest BCUT2D eigenvalue weighted by molar-refractivity contribution is 9.10. The minimum absolute atomic E-state index is 0.591. The van der Waals surface area contributed by atoms with Gasteiger partial charge in [-0.1, -0.05) is 18.0 Å². The van der Waals surface area contributed by atoms with Crippen molar-refractivity contribution >= 4 is 33.0 Å². The highest BCUT2D eigenvalue weighted by Crippen LogP contribution is 2.30. The molecule has 1 saturated heterocycles. The van der Waals surface area contributed by atoms with Gasteiger partial charge in [-0.2, -0.15) is 0 Å². The standard InChI is InChI=1S/C8H6BrClN2O.C5H11N/c1-13-7-2-5(9)8(10)12-4-11-3-6(7)12;1-2-4-6-5-3-1/h2-4H,1H3;6H,1-5H2. The predicted octanol–water partition coefficient (Wildman–Crippen LogP) is 3.52. The van der Waals surface area contributed by atoms with Gasteiger partial charge in [0.2, 0.25) is 0 Å². The first-order valence-electron chi connectivity index (χ1n) is 6.29. The van der Waals surface area contributed by atoms with Crippen molar-refractivity contribution in [3.05, 3.63) is 28.2 Å². The average molecular weight is 347 g/mol. The zero-order chi connectivity index (χ0) is 13.7. The number of rotatable bonds is 1. The number of hydrogen-bond acceptors (Lipinski definition) is 3. The van der Waals surface area contributed by atoms with Crippen molar-refractivity contribution in [2.75, 3.05) is 20.2 Å². The average Bonchev–Trinajstić information content (AvgIpc) is 2.95. The summed E-state index contributed by atoms with van der Waals surface area (Å²) >= 11 is 9.35. The Labute approximate surface area is 126 Å². The van der Waals surface area contributed by atoms with E-state index in [9.17, 15) is 0 Å². The lowest BCUT2D eigenvalue weighted by Crippen LogP contribution is -2.21. The second-order valence-corrected chi connectivity index (χ2v) is 5.52. The summed E-state index contributed by atoms with van der Waals surface area (Å²) in [6.45, 7) is 2.50. The Morgan fingerprint density at radius 1 is 1.37 bits per heavy atom. The van der Waals surface area contributed by atoms with Gasteiger partial charge >= 0.3 is 0 Å². The van der Waals surface area contributed by atoms with E-state index in [1.165, 1.54) is 32.4 Å². The summed E-state index contributed by atoms with van der Waals surface area (Å²) in [4.78, 5) is 3.99. The van der Waals surface area contributed by atoms with Crippen LogP contribution in [0.3, 0.4) is 0 Å². The van der Waals surface area contributed by atoms with E-state index in [0.717, 1.165) is 15.7 Å². The van der Waals surface area contributed by atoms with Crippen LogP contribution in [0.1, 0.15) is 19.3 Å². The molecule has 2 aromatic rings. The molecule has 0 bridgehead atoms. The number of methoxy groups -OCH3 is 1. The van der Waals surface area contributed by atoms with Crippen LogP contribution < -0.4 is 10.1 Å². The van der Waals surface area contributed by atoms with Crippen LogP contribution >= 0.6 is 27.5 Å². The molecule has 0 aliphatic carbocycles. The SMILES string of the molecule is C1CCNCC1.COc1cc(Br)c(Cl)n2cncc12. The number of nitrogens with zero attached hydrogens (tertiary/aromatic N) is 2. The summed E-state index contributed by atoms with van der Waals surface area (Å²) in [6.07, 6.45) is 7.56. The fraction of sp³-hybridized carbons (Fsp3) is 0.462. The monoisotopic (exact) mass is 345 g/mol. The minimum Gasteiger partial charge on any atom is -0.494 e. The van der Waals surface area contributed by atoms with Crippen molar-refractivity contribution < 1.29 is 4.74 Å². The molecule has 0 spiro atoms. The molecular formula is C13H17BrClN3O. The number of ether oxygens (including phenoxy) is 1. The summed E-state index contributed by atoms with van der Waals surface area (Å²) < 4.78 is 7.72. The van der Waals surface area contributed by atoms with E-state index in [2.05, 4.69) is 26.2 Å². The number of halogens is 2. The maximum atomic E-state index is 6.02. The summed E-state index contributed by atoms with van der Waals surface area (Å²) in [5, 5.41) is 3.88. The van der Waals surface area contributed by atoms with Crippen LogP contribution in [0.2, 0.25) is 5.15 Å². The Morgan fingerprint density at radius 2 is 2.11 bits per heavy atom. The van der Waals surface area contributed by atoms with Crippen molar-refractivity contribution in [1.82, 2.24) is 14.7 Å². The Balaban J connectivity index is 0.000000186. The zero-order valence-electron chi connectivity index (χ0n) is 10.8. The molecule has 1 aliphatic heterocycles. The zero-order valence-corrected chi connectivity index (χ0v) is 13.2. The van der Waals surface area contributed by atoms with Crippen LogP contribution in [0.15, 0.2) is 23.1 Å². The largest absolute Gasteiger partial charge is 0.494 e. The van der Waals surface area contributed by atoms with Gasteiger partial charge in [-0.05, 0) is 47.9 Å². The molecule has 0 unspecified atom stereocenters. The molecule has 3 rings (SSSR count). The van der Waals surface area contributed by atoms with Crippen molar-refractivity contribution in [2.45, 2.75) is 19.3 Å². The van der Waals surface area contributed by atoms with Gasteiger partial charge in [-0.15, -0.1) is 0 Å². The molecule has 3 heterocycles. The number of piperidine rings is 1. The van der Waals surface area contributed by atoms with Crippen LogP contribution in [0.5, 0.6) is 5.75 Å². The lowest BCUT2D eigenvalue weighted by molar-refractivity contribution is 0.417. The molecule has 19 heavy (non-hydrogen) atoms. The van der Waals surface area contributed by atoms with E-state index in [-0.39, 0.29) is 0 Å². The molecule has 1 aliphatic rings. The Morgan fingerprint density at radius 3 is 2.63 bits per heavy atom. The normalized spacial score (nSPS) is 14.9. The topological polar surface area (TPSA) is 38.6 Å². The van der Waals surface area contributed by atoms with Crippen molar-refractivity contribution in [1.29, 1.82) is 0 Å². The molecular weight excluding hydrogens is 330 g/mol. The van der Waals surface area contributed by atoms with E-state index < -0.39 is 0 Å². The van der Waals surface area contributed by atoms with Gasteiger partial charge in [0.25, 0.3) is 0 Å². The summed E-state index contributed by atoms with van der Waals surface area (Å²) in [5.74, 6) is 0.744. The molecule has 1 N–H and O–H groups in total. The lowest BCUT2D eigenvalue weighted by atomic mass is 10.2. The predicted molar refractivity (Wildman–Crippen MR) is 81.2 cm³/mol. The highest BCUT2D eigenvalue weighted by Gasteiger charge is 2.08. The first-order valence-corrected chi connectivity index (χ1v) is 7.46. The summed E-state index contributed by atoms with van der Waals surface area (Å²) in [6, 6.07) is 1.82. The Kier molecular flexibility index (Phi) is 5.48. The van der Waals surface area contributed by atoms with Crippen LogP contribution in [0.4, 0.5) is 0 Å². The molecule has 0 saturated carbocycles. The third kappa shape index (κ3) is 3.61. The van der Waals surface area contributed by atoms with Crippen molar-refractivity contribution in [3.8, 4) is 5.75 Å². The third-order valence-corrected chi connectivity index (χ3v) is 4.20.